The highest BCUT2D eigenvalue weighted by Gasteiger charge is 2.22. The summed E-state index contributed by atoms with van der Waals surface area (Å²) >= 11 is 1.29. The molecule has 4 aromatic rings. The highest BCUT2D eigenvalue weighted by molar-refractivity contribution is 7.00. The van der Waals surface area contributed by atoms with Crippen LogP contribution in [0.5, 0.6) is 0 Å². The Kier molecular flexibility index (Phi) is 8.80. The largest absolute Gasteiger partial charge is 0.172 e. The Balaban J connectivity index is 0.000000555. The van der Waals surface area contributed by atoms with Gasteiger partial charge in [0.05, 0.1) is 11.7 Å². The van der Waals surface area contributed by atoms with Crippen LogP contribution in [0.2, 0.25) is 0 Å². The summed E-state index contributed by atoms with van der Waals surface area (Å²) < 4.78 is 9.25. The fourth-order valence-electron chi connectivity index (χ4n) is 4.13. The van der Waals surface area contributed by atoms with Crippen LogP contribution < -0.4 is 0 Å². The molecule has 33 heavy (non-hydrogen) atoms. The second-order valence-corrected chi connectivity index (χ2v) is 9.72. The molecule has 1 aromatic heterocycles. The van der Waals surface area contributed by atoms with Crippen LogP contribution in [0.25, 0.3) is 33.3 Å². The number of nitrogens with zero attached hydrogens (tertiary/aromatic N) is 2. The number of unbranched alkanes of at least 4 members (excludes halogenated alkanes) is 2. The van der Waals surface area contributed by atoms with Crippen LogP contribution in [0.1, 0.15) is 77.8 Å². The van der Waals surface area contributed by atoms with E-state index in [1.54, 1.807) is 0 Å². The second-order valence-electron chi connectivity index (χ2n) is 9.19. The highest BCUT2D eigenvalue weighted by Crippen LogP contribution is 2.36. The van der Waals surface area contributed by atoms with Crippen molar-refractivity contribution in [1.82, 2.24) is 8.75 Å². The maximum Gasteiger partial charge on any atom is 0.113 e. The molecule has 0 aliphatic carbocycles. The molecule has 0 atom stereocenters. The topological polar surface area (TPSA) is 25.8 Å². The summed E-state index contributed by atoms with van der Waals surface area (Å²) in [4.78, 5) is 0. The van der Waals surface area contributed by atoms with Gasteiger partial charge in [0.15, 0.2) is 0 Å². The monoisotopic (exact) mass is 458 g/mol. The predicted molar refractivity (Wildman–Crippen MR) is 146 cm³/mol. The number of hydrogen-bond acceptors (Lipinski definition) is 3. The average molecular weight is 459 g/mol. The molecule has 0 saturated heterocycles. The Hall–Kier alpha value is -2.52. The lowest BCUT2D eigenvalue weighted by molar-refractivity contribution is 0.439. The first-order chi connectivity index (χ1) is 16.0. The molecule has 174 valence electrons. The third-order valence-corrected chi connectivity index (χ3v) is 7.47. The van der Waals surface area contributed by atoms with E-state index < -0.39 is 0 Å². The Bertz CT molecular complexity index is 1130. The summed E-state index contributed by atoms with van der Waals surface area (Å²) in [6.45, 7) is 13.4. The van der Waals surface area contributed by atoms with Crippen LogP contribution in [0.15, 0.2) is 60.7 Å². The van der Waals surface area contributed by atoms with E-state index in [0.717, 1.165) is 35.0 Å². The predicted octanol–water partition coefficient (Wildman–Crippen LogP) is 9.61. The van der Waals surface area contributed by atoms with E-state index in [-0.39, 0.29) is 5.41 Å². The van der Waals surface area contributed by atoms with Gasteiger partial charge in [-0.05, 0) is 41.9 Å². The summed E-state index contributed by atoms with van der Waals surface area (Å²) in [5, 5.41) is 0. The standard InChI is InChI=1S/C25H26N2S.C5H12/c1-5-25(4,6-2)20-13-11-19(12-14-20)22-16-15-21(23-24(22)27-28-26-23)18-9-7-17(3)8-10-18;1-3-5-4-2/h7-16H,5-6H2,1-4H3;3-5H2,1-2H3. The highest BCUT2D eigenvalue weighted by atomic mass is 32.1. The maximum absolute atomic E-state index is 4.63. The molecule has 0 amide bonds. The molecular weight excluding hydrogens is 420 g/mol. The van der Waals surface area contributed by atoms with Crippen LogP contribution in [0.3, 0.4) is 0 Å². The lowest BCUT2D eigenvalue weighted by Gasteiger charge is -2.27. The second kappa shape index (κ2) is 11.6. The first-order valence-electron chi connectivity index (χ1n) is 12.4. The van der Waals surface area contributed by atoms with Gasteiger partial charge in [-0.2, -0.15) is 8.75 Å². The van der Waals surface area contributed by atoms with Crippen molar-refractivity contribution in [1.29, 1.82) is 0 Å². The zero-order valence-corrected chi connectivity index (χ0v) is 21.9. The number of hydrogen-bond donors (Lipinski definition) is 0. The molecule has 0 aliphatic rings. The van der Waals surface area contributed by atoms with E-state index in [2.05, 4.69) is 111 Å². The summed E-state index contributed by atoms with van der Waals surface area (Å²) in [5.74, 6) is 0. The van der Waals surface area contributed by atoms with Crippen LogP contribution >= 0.6 is 11.7 Å². The molecule has 4 rings (SSSR count). The van der Waals surface area contributed by atoms with Crippen molar-refractivity contribution in [2.45, 2.75) is 79.1 Å². The summed E-state index contributed by atoms with van der Waals surface area (Å²) in [7, 11) is 0. The van der Waals surface area contributed by atoms with E-state index in [1.165, 1.54) is 53.2 Å². The Morgan fingerprint density at radius 3 is 1.52 bits per heavy atom. The SMILES string of the molecule is CCC(C)(CC)c1ccc(-c2ccc(-c3ccc(C)cc3)c3nsnc23)cc1.CCCCC. The van der Waals surface area contributed by atoms with E-state index in [9.17, 15) is 0 Å². The van der Waals surface area contributed by atoms with Gasteiger partial charge in [0, 0.05) is 11.1 Å². The normalized spacial score (nSPS) is 11.3. The van der Waals surface area contributed by atoms with Crippen molar-refractivity contribution in [2.24, 2.45) is 0 Å². The molecule has 0 spiro atoms. The van der Waals surface area contributed by atoms with Crippen molar-refractivity contribution >= 4 is 22.8 Å². The van der Waals surface area contributed by atoms with Crippen molar-refractivity contribution in [3.05, 3.63) is 71.8 Å². The molecule has 0 bridgehead atoms. The maximum atomic E-state index is 4.63. The molecule has 0 saturated carbocycles. The van der Waals surface area contributed by atoms with Crippen LogP contribution in [-0.4, -0.2) is 8.75 Å². The average Bonchev–Trinajstić information content (AvgIpc) is 3.35. The van der Waals surface area contributed by atoms with Gasteiger partial charge in [-0.25, -0.2) is 0 Å². The number of aromatic nitrogens is 2. The van der Waals surface area contributed by atoms with Gasteiger partial charge in [-0.15, -0.1) is 0 Å². The third kappa shape index (κ3) is 5.70. The molecule has 0 N–H and O–H groups in total. The van der Waals surface area contributed by atoms with Crippen LogP contribution in [0.4, 0.5) is 0 Å². The molecule has 0 fully saturated rings. The molecule has 3 aromatic carbocycles. The summed E-state index contributed by atoms with van der Waals surface area (Å²) in [6.07, 6.45) is 6.37. The third-order valence-electron chi connectivity index (χ3n) is 6.94. The Labute approximate surface area is 204 Å². The van der Waals surface area contributed by atoms with Gasteiger partial charge in [0.1, 0.15) is 11.0 Å². The number of fused-ring (bicyclic) bond motifs is 1. The van der Waals surface area contributed by atoms with Crippen LogP contribution in [-0.2, 0) is 5.41 Å². The van der Waals surface area contributed by atoms with Gasteiger partial charge >= 0.3 is 0 Å². The quantitative estimate of drug-likeness (QED) is 0.275. The number of benzene rings is 3. The van der Waals surface area contributed by atoms with Gasteiger partial charge in [0.25, 0.3) is 0 Å². The smallest absolute Gasteiger partial charge is 0.113 e. The summed E-state index contributed by atoms with van der Waals surface area (Å²) in [5.41, 5.74) is 9.58. The molecule has 0 radical (unpaired) electrons. The minimum Gasteiger partial charge on any atom is -0.172 e. The Morgan fingerprint density at radius 1 is 0.667 bits per heavy atom. The van der Waals surface area contributed by atoms with Gasteiger partial charge < -0.3 is 0 Å². The minimum absolute atomic E-state index is 0.241. The fourth-order valence-corrected chi connectivity index (χ4v) is 4.70. The van der Waals surface area contributed by atoms with Gasteiger partial charge in [0.2, 0.25) is 0 Å². The molecule has 3 heteroatoms. The zero-order valence-electron chi connectivity index (χ0n) is 21.1. The lowest BCUT2D eigenvalue weighted by Crippen LogP contribution is -2.19. The minimum atomic E-state index is 0.241. The molecule has 1 heterocycles. The van der Waals surface area contributed by atoms with Crippen molar-refractivity contribution < 1.29 is 0 Å². The van der Waals surface area contributed by atoms with Crippen molar-refractivity contribution in [3.63, 3.8) is 0 Å². The Morgan fingerprint density at radius 2 is 1.12 bits per heavy atom. The summed E-state index contributed by atoms with van der Waals surface area (Å²) in [6, 6.07) is 22.0. The van der Waals surface area contributed by atoms with Gasteiger partial charge in [-0.1, -0.05) is 120 Å². The fraction of sp³-hybridized carbons (Fsp3) is 0.400. The number of aryl methyl sites for hydroxylation is 1. The van der Waals surface area contributed by atoms with E-state index in [1.807, 2.05) is 0 Å². The van der Waals surface area contributed by atoms with Gasteiger partial charge in [-0.3, -0.25) is 0 Å². The lowest BCUT2D eigenvalue weighted by atomic mass is 9.77. The zero-order chi connectivity index (χ0) is 23.8. The van der Waals surface area contributed by atoms with Crippen LogP contribution in [0, 0.1) is 6.92 Å². The molecule has 2 nitrogen and oxygen atoms in total. The molecule has 0 aliphatic heterocycles. The van der Waals surface area contributed by atoms with Crippen molar-refractivity contribution in [2.75, 3.05) is 0 Å². The first-order valence-corrected chi connectivity index (χ1v) is 13.1. The van der Waals surface area contributed by atoms with E-state index in [0.29, 0.717) is 0 Å². The number of rotatable bonds is 7. The molecule has 0 unspecified atom stereocenters. The van der Waals surface area contributed by atoms with Crippen molar-refractivity contribution in [3.8, 4) is 22.3 Å². The molecular formula is C30H38N2S. The van der Waals surface area contributed by atoms with E-state index >= 15 is 0 Å². The van der Waals surface area contributed by atoms with E-state index in [4.69, 9.17) is 0 Å². The first kappa shape index (κ1) is 25.1.